The van der Waals surface area contributed by atoms with Gasteiger partial charge in [-0.05, 0) is 0 Å². The van der Waals surface area contributed by atoms with Crippen LogP contribution < -0.4 is 4.72 Å². The molecule has 0 aromatic carbocycles. The Morgan fingerprint density at radius 1 is 1.16 bits per heavy atom. The minimum Gasteiger partial charge on any atom is -0.480 e. The van der Waals surface area contributed by atoms with Crippen molar-refractivity contribution in [1.29, 1.82) is 0 Å². The molecule has 0 aromatic rings. The summed E-state index contributed by atoms with van der Waals surface area (Å²) in [6.07, 6.45) is -1.07. The molecule has 0 unspecified atom stereocenters. The lowest BCUT2D eigenvalue weighted by atomic mass is 10.2. The van der Waals surface area contributed by atoms with Crippen molar-refractivity contribution in [1.82, 2.24) is 4.72 Å². The van der Waals surface area contributed by atoms with E-state index < -0.39 is 52.6 Å². The maximum Gasteiger partial charge on any atom is 0.322 e. The Bertz CT molecular complexity index is 443. The number of methoxy groups -OCH3 is 2. The summed E-state index contributed by atoms with van der Waals surface area (Å²) in [5, 5.41) is 8.78. The van der Waals surface area contributed by atoms with E-state index >= 15 is 0 Å². The van der Waals surface area contributed by atoms with E-state index in [1.54, 1.807) is 4.72 Å². The third-order valence-electron chi connectivity index (χ3n) is 2.02. The summed E-state index contributed by atoms with van der Waals surface area (Å²) in [7, 11) is -1.88. The quantitative estimate of drug-likeness (QED) is 0.516. The smallest absolute Gasteiger partial charge is 0.322 e. The van der Waals surface area contributed by atoms with Crippen molar-refractivity contribution < 1.29 is 37.4 Å². The van der Waals surface area contributed by atoms with Gasteiger partial charge in [-0.15, -0.1) is 0 Å². The molecule has 0 rings (SSSR count). The third kappa shape index (κ3) is 7.36. The van der Waals surface area contributed by atoms with Gasteiger partial charge in [0.2, 0.25) is 10.0 Å². The fourth-order valence-electron chi connectivity index (χ4n) is 1.02. The van der Waals surface area contributed by atoms with Crippen LogP contribution in [0.3, 0.4) is 0 Å². The minimum absolute atomic E-state index is 0.420. The van der Waals surface area contributed by atoms with Gasteiger partial charge >= 0.3 is 17.9 Å². The molecule has 2 N–H and O–H groups in total. The number of carbonyl (C=O) groups excluding carboxylic acids is 2. The fraction of sp³-hybridized carbons (Fsp3) is 0.667. The summed E-state index contributed by atoms with van der Waals surface area (Å²) in [6, 6.07) is -1.64. The predicted octanol–water partition coefficient (Wildman–Crippen LogP) is -1.51. The Balaban J connectivity index is 4.61. The summed E-state index contributed by atoms with van der Waals surface area (Å²) in [4.78, 5) is 32.5. The van der Waals surface area contributed by atoms with Crippen molar-refractivity contribution in [3.63, 3.8) is 0 Å². The monoisotopic (exact) mass is 297 g/mol. The van der Waals surface area contributed by atoms with E-state index in [9.17, 15) is 22.8 Å². The molecule has 9 nitrogen and oxygen atoms in total. The van der Waals surface area contributed by atoms with Crippen molar-refractivity contribution in [2.24, 2.45) is 0 Å². The van der Waals surface area contributed by atoms with Crippen LogP contribution in [0.25, 0.3) is 0 Å². The van der Waals surface area contributed by atoms with Gasteiger partial charge in [0, 0.05) is 0 Å². The molecule has 19 heavy (non-hydrogen) atoms. The first-order chi connectivity index (χ1) is 8.71. The summed E-state index contributed by atoms with van der Waals surface area (Å²) < 4.78 is 33.3. The van der Waals surface area contributed by atoms with Gasteiger partial charge in [-0.1, -0.05) is 0 Å². The highest BCUT2D eigenvalue weighted by atomic mass is 32.2. The zero-order chi connectivity index (χ0) is 15.1. The molecule has 0 aliphatic carbocycles. The highest BCUT2D eigenvalue weighted by molar-refractivity contribution is 7.89. The molecule has 0 saturated heterocycles. The first-order valence-electron chi connectivity index (χ1n) is 5.08. The van der Waals surface area contributed by atoms with E-state index in [1.165, 1.54) is 0 Å². The highest BCUT2D eigenvalue weighted by Crippen LogP contribution is 2.00. The number of hydrogen-bond donors (Lipinski definition) is 2. The molecule has 110 valence electrons. The van der Waals surface area contributed by atoms with Crippen molar-refractivity contribution in [2.75, 3.05) is 20.0 Å². The van der Waals surface area contributed by atoms with Crippen LogP contribution in [0.15, 0.2) is 0 Å². The number of aliphatic carboxylic acids is 1. The molecule has 0 bridgehead atoms. The molecular formula is C9H15NO8S. The molecule has 10 heteroatoms. The molecule has 0 heterocycles. The van der Waals surface area contributed by atoms with Gasteiger partial charge in [-0.2, -0.15) is 0 Å². The predicted molar refractivity (Wildman–Crippen MR) is 61.6 cm³/mol. The van der Waals surface area contributed by atoms with Gasteiger partial charge in [0.25, 0.3) is 0 Å². The van der Waals surface area contributed by atoms with Crippen LogP contribution >= 0.6 is 0 Å². The maximum atomic E-state index is 11.5. The number of carboxylic acids is 1. The van der Waals surface area contributed by atoms with Gasteiger partial charge in [-0.25, -0.2) is 13.1 Å². The van der Waals surface area contributed by atoms with Crippen molar-refractivity contribution in [2.45, 2.75) is 18.9 Å². The van der Waals surface area contributed by atoms with E-state index in [1.807, 2.05) is 0 Å². The van der Waals surface area contributed by atoms with Crippen LogP contribution in [0.5, 0.6) is 0 Å². The lowest BCUT2D eigenvalue weighted by Crippen LogP contribution is -2.43. The van der Waals surface area contributed by atoms with Crippen LogP contribution in [-0.4, -0.2) is 57.4 Å². The Labute approximate surface area is 109 Å². The van der Waals surface area contributed by atoms with E-state index in [-0.39, 0.29) is 0 Å². The van der Waals surface area contributed by atoms with Crippen molar-refractivity contribution in [3.05, 3.63) is 0 Å². The van der Waals surface area contributed by atoms with Gasteiger partial charge in [0.15, 0.2) is 0 Å². The molecule has 0 radical (unpaired) electrons. The normalized spacial score (nSPS) is 12.5. The van der Waals surface area contributed by atoms with Crippen LogP contribution in [-0.2, 0) is 33.9 Å². The zero-order valence-corrected chi connectivity index (χ0v) is 11.2. The van der Waals surface area contributed by atoms with Gasteiger partial charge < -0.3 is 14.6 Å². The zero-order valence-electron chi connectivity index (χ0n) is 10.4. The Morgan fingerprint density at radius 3 is 2.11 bits per heavy atom. The number of sulfonamides is 1. The highest BCUT2D eigenvalue weighted by Gasteiger charge is 2.27. The van der Waals surface area contributed by atoms with Crippen LogP contribution in [0.4, 0.5) is 0 Å². The fourth-order valence-corrected chi connectivity index (χ4v) is 2.20. The standard InChI is InChI=1S/C9H15NO8S/c1-17-7(11)3-4-19(15,16)10-6(9(13)14)5-8(12)18-2/h6,10H,3-5H2,1-2H3,(H,13,14)/t6-/m0/s1. The number of esters is 2. The topological polar surface area (TPSA) is 136 Å². The molecule has 0 amide bonds. The minimum atomic E-state index is -4.02. The van der Waals surface area contributed by atoms with E-state index in [0.717, 1.165) is 14.2 Å². The number of carbonyl (C=O) groups is 3. The van der Waals surface area contributed by atoms with Crippen LogP contribution in [0.1, 0.15) is 12.8 Å². The molecular weight excluding hydrogens is 282 g/mol. The summed E-state index contributed by atoms with van der Waals surface area (Å²) in [6.45, 7) is 0. The average Bonchev–Trinajstić information content (AvgIpc) is 2.34. The molecule has 0 spiro atoms. The third-order valence-corrected chi connectivity index (χ3v) is 3.41. The SMILES string of the molecule is COC(=O)CCS(=O)(=O)N[C@@H](CC(=O)OC)C(=O)O. The number of nitrogens with one attached hydrogen (secondary N) is 1. The Kier molecular flexibility index (Phi) is 7.01. The number of rotatable bonds is 8. The van der Waals surface area contributed by atoms with Crippen LogP contribution in [0.2, 0.25) is 0 Å². The van der Waals surface area contributed by atoms with Gasteiger partial charge in [0.05, 0.1) is 32.8 Å². The first kappa shape index (κ1) is 17.3. The molecule has 0 fully saturated rings. The number of carboxylic acid groups (broad SMARTS) is 1. The maximum absolute atomic E-state index is 11.5. The molecule has 1 atom stereocenters. The summed E-state index contributed by atoms with van der Waals surface area (Å²) >= 11 is 0. The van der Waals surface area contributed by atoms with Crippen molar-refractivity contribution >= 4 is 27.9 Å². The van der Waals surface area contributed by atoms with E-state index in [0.29, 0.717) is 0 Å². The molecule has 0 saturated carbocycles. The molecule has 0 aliphatic heterocycles. The molecule has 0 aromatic heterocycles. The second-order valence-corrected chi connectivity index (χ2v) is 5.31. The second kappa shape index (κ2) is 7.69. The lowest BCUT2D eigenvalue weighted by Gasteiger charge is -2.13. The van der Waals surface area contributed by atoms with Crippen LogP contribution in [0, 0.1) is 0 Å². The van der Waals surface area contributed by atoms with Crippen molar-refractivity contribution in [3.8, 4) is 0 Å². The van der Waals surface area contributed by atoms with E-state index in [4.69, 9.17) is 5.11 Å². The summed E-state index contributed by atoms with van der Waals surface area (Å²) in [5.41, 5.74) is 0. The average molecular weight is 297 g/mol. The molecule has 0 aliphatic rings. The Morgan fingerprint density at radius 2 is 1.68 bits per heavy atom. The van der Waals surface area contributed by atoms with Gasteiger partial charge in [0.1, 0.15) is 6.04 Å². The largest absolute Gasteiger partial charge is 0.480 e. The number of hydrogen-bond acceptors (Lipinski definition) is 7. The lowest BCUT2D eigenvalue weighted by molar-refractivity contribution is -0.147. The number of ether oxygens (including phenoxy) is 2. The second-order valence-electron chi connectivity index (χ2n) is 3.43. The summed E-state index contributed by atoms with van der Waals surface area (Å²) in [5.74, 6) is -3.77. The van der Waals surface area contributed by atoms with Gasteiger partial charge in [-0.3, -0.25) is 14.4 Å². The van der Waals surface area contributed by atoms with E-state index in [2.05, 4.69) is 9.47 Å². The Hall–Kier alpha value is -1.68. The first-order valence-corrected chi connectivity index (χ1v) is 6.73.